The Balaban J connectivity index is 0. The number of hydrogen-bond donors (Lipinski definition) is 1. The molecule has 90 valence electrons. The van der Waals surface area contributed by atoms with E-state index in [1.807, 2.05) is 6.92 Å². The van der Waals surface area contributed by atoms with Crippen LogP contribution in [0, 0.1) is 5.41 Å². The molecule has 0 aliphatic rings. The first-order valence-electron chi connectivity index (χ1n) is 5.47. The zero-order valence-corrected chi connectivity index (χ0v) is 14.3. The predicted octanol–water partition coefficient (Wildman–Crippen LogP) is -0.981. The Bertz CT molecular complexity index is 194. The summed E-state index contributed by atoms with van der Waals surface area (Å²) in [5.74, 6) is -0.581. The summed E-state index contributed by atoms with van der Waals surface area (Å²) >= 11 is 5.63. The van der Waals surface area contributed by atoms with Gasteiger partial charge in [-0.2, -0.15) is 0 Å². The molecule has 0 saturated heterocycles. The van der Waals surface area contributed by atoms with Gasteiger partial charge < -0.3 is 10.2 Å². The molecule has 0 aromatic heterocycles. The van der Waals surface area contributed by atoms with Crippen molar-refractivity contribution in [3.05, 3.63) is 0 Å². The van der Waals surface area contributed by atoms with Gasteiger partial charge in [0.1, 0.15) is 0 Å². The molecule has 0 heterocycles. The van der Waals surface area contributed by atoms with Gasteiger partial charge >= 0.3 is 57.4 Å². The van der Waals surface area contributed by atoms with Crippen LogP contribution in [-0.2, 0) is 4.79 Å². The fourth-order valence-electron chi connectivity index (χ4n) is 1.87. The number of hydrogen-bond acceptors (Lipinski definition) is 2. The van der Waals surface area contributed by atoms with Gasteiger partial charge in [-0.3, -0.25) is 4.79 Å². The van der Waals surface area contributed by atoms with Crippen molar-refractivity contribution in [2.75, 3.05) is 5.88 Å². The van der Waals surface area contributed by atoms with E-state index in [1.165, 1.54) is 0 Å². The van der Waals surface area contributed by atoms with E-state index < -0.39 is 17.5 Å². The van der Waals surface area contributed by atoms with Crippen molar-refractivity contribution in [2.24, 2.45) is 5.41 Å². The van der Waals surface area contributed by atoms with Crippen molar-refractivity contribution in [1.82, 2.24) is 0 Å². The Kier molecular flexibility index (Phi) is 12.7. The van der Waals surface area contributed by atoms with Gasteiger partial charge in [0.25, 0.3) is 0 Å². The maximum atomic E-state index is 11.5. The molecule has 2 unspecified atom stereocenters. The molecule has 0 aliphatic carbocycles. The molecule has 0 aromatic rings. The molecule has 0 bridgehead atoms. The molecule has 0 saturated carbocycles. The van der Waals surface area contributed by atoms with E-state index in [-0.39, 0.29) is 57.8 Å². The topological polar surface area (TPSA) is 60.4 Å². The van der Waals surface area contributed by atoms with Crippen molar-refractivity contribution in [2.45, 2.75) is 52.1 Å². The Hall–Kier alpha value is 1.36. The van der Waals surface area contributed by atoms with Gasteiger partial charge in [-0.05, 0) is 19.3 Å². The molecule has 5 heteroatoms. The van der Waals surface area contributed by atoms with Crippen LogP contribution < -0.4 is 56.5 Å². The molecule has 16 heavy (non-hydrogen) atoms. The number of carbonyl (C=O) groups is 1. The summed E-state index contributed by atoms with van der Waals surface area (Å²) in [6.45, 7) is 3.72. The van der Waals surface area contributed by atoms with Gasteiger partial charge in [0.2, 0.25) is 0 Å². The summed E-state index contributed by atoms with van der Waals surface area (Å²) < 4.78 is 0. The Morgan fingerprint density at radius 2 is 2.00 bits per heavy atom. The standard InChI is InChI=1S/C11H20ClO3.K/c1-3-5-11(6-7-12,10(14)15)8-9(13)4-2;/h9H,3-8H2,1-2H3,(H,14,15);/q-1;+1. The monoisotopic (exact) mass is 274 g/mol. The number of rotatable bonds is 8. The van der Waals surface area contributed by atoms with E-state index >= 15 is 0 Å². The van der Waals surface area contributed by atoms with Crippen molar-refractivity contribution < 1.29 is 66.4 Å². The number of alkyl halides is 1. The molecular weight excluding hydrogens is 255 g/mol. The van der Waals surface area contributed by atoms with Crippen molar-refractivity contribution in [3.8, 4) is 0 Å². The van der Waals surface area contributed by atoms with E-state index in [4.69, 9.17) is 11.6 Å². The number of carboxylic acids is 1. The molecule has 0 rings (SSSR count). The largest absolute Gasteiger partial charge is 1.00 e. The van der Waals surface area contributed by atoms with E-state index in [0.717, 1.165) is 6.42 Å². The minimum Gasteiger partial charge on any atom is -0.852 e. The quantitative estimate of drug-likeness (QED) is 0.457. The van der Waals surface area contributed by atoms with Gasteiger partial charge in [-0.15, -0.1) is 17.7 Å². The number of carboxylic acid groups (broad SMARTS) is 1. The number of halogens is 1. The predicted molar refractivity (Wildman–Crippen MR) is 59.0 cm³/mol. The fourth-order valence-corrected chi connectivity index (χ4v) is 2.23. The van der Waals surface area contributed by atoms with Gasteiger partial charge in [-0.1, -0.05) is 26.7 Å². The second kappa shape index (κ2) is 10.3. The number of aliphatic carboxylic acids is 1. The molecule has 0 spiro atoms. The zero-order chi connectivity index (χ0) is 11.9. The van der Waals surface area contributed by atoms with Gasteiger partial charge in [0.05, 0.1) is 5.41 Å². The fraction of sp³-hybridized carbons (Fsp3) is 0.909. The van der Waals surface area contributed by atoms with E-state index in [0.29, 0.717) is 25.1 Å². The first kappa shape index (κ1) is 19.7. The van der Waals surface area contributed by atoms with Crippen LogP contribution in [0.4, 0.5) is 0 Å². The van der Waals surface area contributed by atoms with Crippen LogP contribution in [0.1, 0.15) is 46.0 Å². The maximum absolute atomic E-state index is 11.5. The van der Waals surface area contributed by atoms with Crippen molar-refractivity contribution >= 4 is 17.6 Å². The Morgan fingerprint density at radius 1 is 1.44 bits per heavy atom. The summed E-state index contributed by atoms with van der Waals surface area (Å²) in [7, 11) is 0. The van der Waals surface area contributed by atoms with Crippen LogP contribution in [0.25, 0.3) is 0 Å². The molecule has 0 aromatic carbocycles. The average Bonchev–Trinajstić information content (AvgIpc) is 2.18. The van der Waals surface area contributed by atoms with Crippen molar-refractivity contribution in [1.29, 1.82) is 0 Å². The zero-order valence-electron chi connectivity index (χ0n) is 10.5. The second-order valence-electron chi connectivity index (χ2n) is 4.01. The summed E-state index contributed by atoms with van der Waals surface area (Å²) in [6.07, 6.45) is 1.56. The minimum absolute atomic E-state index is 0. The summed E-state index contributed by atoms with van der Waals surface area (Å²) in [5.41, 5.74) is -0.904. The third-order valence-corrected chi connectivity index (χ3v) is 3.02. The van der Waals surface area contributed by atoms with Crippen LogP contribution in [-0.4, -0.2) is 23.1 Å². The molecule has 0 amide bonds. The Morgan fingerprint density at radius 3 is 2.31 bits per heavy atom. The van der Waals surface area contributed by atoms with Gasteiger partial charge in [0.15, 0.2) is 0 Å². The van der Waals surface area contributed by atoms with E-state index in [1.54, 1.807) is 6.92 Å². The summed E-state index contributed by atoms with van der Waals surface area (Å²) in [4.78, 5) is 11.3. The van der Waals surface area contributed by atoms with Crippen LogP contribution >= 0.6 is 11.6 Å². The van der Waals surface area contributed by atoms with Crippen LogP contribution in [0.3, 0.4) is 0 Å². The maximum Gasteiger partial charge on any atom is 1.00 e. The average molecular weight is 275 g/mol. The van der Waals surface area contributed by atoms with Crippen LogP contribution in [0.5, 0.6) is 0 Å². The molecule has 3 nitrogen and oxygen atoms in total. The normalized spacial score (nSPS) is 16.0. The van der Waals surface area contributed by atoms with Crippen molar-refractivity contribution in [3.63, 3.8) is 0 Å². The molecule has 1 N–H and O–H groups in total. The third kappa shape index (κ3) is 6.33. The van der Waals surface area contributed by atoms with E-state index in [9.17, 15) is 15.0 Å². The molecular formula is C11H20ClKO3. The first-order valence-corrected chi connectivity index (χ1v) is 6.01. The molecule has 2 atom stereocenters. The van der Waals surface area contributed by atoms with Gasteiger partial charge in [0, 0.05) is 5.88 Å². The summed E-state index contributed by atoms with van der Waals surface area (Å²) in [6, 6.07) is 0. The molecule has 0 radical (unpaired) electrons. The minimum atomic E-state index is -0.904. The first-order chi connectivity index (χ1) is 7.02. The van der Waals surface area contributed by atoms with Gasteiger partial charge in [-0.25, -0.2) is 0 Å². The Labute approximate surface area is 145 Å². The van der Waals surface area contributed by atoms with E-state index in [2.05, 4.69) is 0 Å². The summed E-state index contributed by atoms with van der Waals surface area (Å²) in [5, 5.41) is 20.7. The smallest absolute Gasteiger partial charge is 0.852 e. The molecule has 0 fully saturated rings. The SMILES string of the molecule is CCCC(CCCl)(CC([O-])CC)C(=O)O.[K+]. The third-order valence-electron chi connectivity index (χ3n) is 2.83. The van der Waals surface area contributed by atoms with Crippen LogP contribution in [0.2, 0.25) is 0 Å². The second-order valence-corrected chi connectivity index (χ2v) is 4.39. The van der Waals surface area contributed by atoms with Crippen LogP contribution in [0.15, 0.2) is 0 Å². The molecule has 0 aliphatic heterocycles.